The highest BCUT2D eigenvalue weighted by molar-refractivity contribution is 6.03. The van der Waals surface area contributed by atoms with Gasteiger partial charge in [-0.05, 0) is 25.0 Å². The lowest BCUT2D eigenvalue weighted by Gasteiger charge is -2.39. The molecule has 1 aromatic rings. The molecule has 17 heavy (non-hydrogen) atoms. The van der Waals surface area contributed by atoms with Gasteiger partial charge in [0.15, 0.2) is 5.78 Å². The van der Waals surface area contributed by atoms with E-state index in [0.717, 1.165) is 37.4 Å². The van der Waals surface area contributed by atoms with Gasteiger partial charge in [0.25, 0.3) is 0 Å². The van der Waals surface area contributed by atoms with Crippen molar-refractivity contribution >= 4 is 11.5 Å². The molecule has 1 saturated heterocycles. The summed E-state index contributed by atoms with van der Waals surface area (Å²) in [6.07, 6.45) is 2.92. The molecule has 3 rings (SSSR count). The number of ketones is 1. The van der Waals surface area contributed by atoms with E-state index in [1.165, 1.54) is 6.42 Å². The third-order valence-corrected chi connectivity index (χ3v) is 3.67. The van der Waals surface area contributed by atoms with E-state index >= 15 is 0 Å². The Morgan fingerprint density at radius 2 is 2.18 bits per heavy atom. The van der Waals surface area contributed by atoms with Crippen molar-refractivity contribution in [2.75, 3.05) is 24.7 Å². The minimum Gasteiger partial charge on any atom is -0.379 e. The molecule has 0 radical (unpaired) electrons. The normalized spacial score (nSPS) is 24.6. The third kappa shape index (κ3) is 1.95. The predicted molar refractivity (Wildman–Crippen MR) is 66.6 cm³/mol. The van der Waals surface area contributed by atoms with Crippen LogP contribution >= 0.6 is 0 Å². The number of ether oxygens (including phenoxy) is 1. The van der Waals surface area contributed by atoms with E-state index in [1.54, 1.807) is 0 Å². The van der Waals surface area contributed by atoms with Crippen molar-refractivity contribution in [2.45, 2.75) is 25.3 Å². The molecule has 1 unspecified atom stereocenters. The van der Waals surface area contributed by atoms with Crippen LogP contribution in [-0.2, 0) is 4.74 Å². The zero-order valence-electron chi connectivity index (χ0n) is 9.89. The second kappa shape index (κ2) is 4.49. The minimum atomic E-state index is 0.272. The number of hydrogen-bond acceptors (Lipinski definition) is 3. The average molecular weight is 231 g/mol. The number of benzene rings is 1. The second-order valence-electron chi connectivity index (χ2n) is 4.75. The summed E-state index contributed by atoms with van der Waals surface area (Å²) in [5, 5.41) is 0. The van der Waals surface area contributed by atoms with Crippen LogP contribution in [0.2, 0.25) is 0 Å². The van der Waals surface area contributed by atoms with Gasteiger partial charge in [-0.1, -0.05) is 12.1 Å². The fourth-order valence-electron chi connectivity index (χ4n) is 2.79. The first-order valence-electron chi connectivity index (χ1n) is 6.33. The van der Waals surface area contributed by atoms with Gasteiger partial charge in [-0.3, -0.25) is 4.79 Å². The molecule has 0 amide bonds. The number of para-hydroxylation sites is 1. The van der Waals surface area contributed by atoms with Crippen LogP contribution in [0.25, 0.3) is 0 Å². The summed E-state index contributed by atoms with van der Waals surface area (Å²) in [5.41, 5.74) is 1.98. The number of rotatable bonds is 1. The molecule has 3 heteroatoms. The van der Waals surface area contributed by atoms with Gasteiger partial charge in [-0.15, -0.1) is 0 Å². The molecule has 0 bridgehead atoms. The second-order valence-corrected chi connectivity index (χ2v) is 4.75. The molecule has 90 valence electrons. The predicted octanol–water partition coefficient (Wildman–Crippen LogP) is 2.26. The van der Waals surface area contributed by atoms with Crippen LogP contribution in [0.3, 0.4) is 0 Å². The molecule has 0 spiro atoms. The van der Waals surface area contributed by atoms with E-state index < -0.39 is 0 Å². The van der Waals surface area contributed by atoms with Gasteiger partial charge < -0.3 is 9.64 Å². The summed E-state index contributed by atoms with van der Waals surface area (Å²) in [6.45, 7) is 2.51. The van der Waals surface area contributed by atoms with Crippen LogP contribution in [-0.4, -0.2) is 31.6 Å². The molecule has 3 nitrogen and oxygen atoms in total. The third-order valence-electron chi connectivity index (χ3n) is 3.67. The topological polar surface area (TPSA) is 29.5 Å². The van der Waals surface area contributed by atoms with Crippen molar-refractivity contribution in [2.24, 2.45) is 0 Å². The first kappa shape index (κ1) is 10.8. The van der Waals surface area contributed by atoms with E-state index in [0.29, 0.717) is 12.5 Å². The van der Waals surface area contributed by atoms with Crippen LogP contribution in [0, 0.1) is 0 Å². The van der Waals surface area contributed by atoms with E-state index in [9.17, 15) is 4.79 Å². The monoisotopic (exact) mass is 231 g/mol. The van der Waals surface area contributed by atoms with Gasteiger partial charge in [0, 0.05) is 30.8 Å². The van der Waals surface area contributed by atoms with Crippen molar-refractivity contribution in [1.82, 2.24) is 0 Å². The van der Waals surface area contributed by atoms with E-state index in [2.05, 4.69) is 11.0 Å². The summed E-state index contributed by atoms with van der Waals surface area (Å²) < 4.78 is 5.55. The Morgan fingerprint density at radius 3 is 3.00 bits per heavy atom. The molecule has 2 aliphatic heterocycles. The van der Waals surface area contributed by atoms with Crippen molar-refractivity contribution in [3.8, 4) is 0 Å². The lowest BCUT2D eigenvalue weighted by molar-refractivity contribution is 0.0775. The van der Waals surface area contributed by atoms with Gasteiger partial charge in [-0.25, -0.2) is 0 Å². The molecule has 2 heterocycles. The number of hydrogen-bond donors (Lipinski definition) is 0. The molecular formula is C14H17NO2. The molecule has 1 atom stereocenters. The van der Waals surface area contributed by atoms with E-state index in [1.807, 2.05) is 18.2 Å². The van der Waals surface area contributed by atoms with Crippen molar-refractivity contribution in [1.29, 1.82) is 0 Å². The Balaban J connectivity index is 1.91. The number of carbonyl (C=O) groups is 1. The number of nitrogens with zero attached hydrogens (tertiary/aromatic N) is 1. The average Bonchev–Trinajstić information content (AvgIpc) is 2.41. The highest BCUT2D eigenvalue weighted by Gasteiger charge is 2.28. The number of fused-ring (bicyclic) bond motifs is 1. The van der Waals surface area contributed by atoms with Crippen LogP contribution < -0.4 is 4.90 Å². The summed E-state index contributed by atoms with van der Waals surface area (Å²) in [5.74, 6) is 0.272. The Labute approximate surface area is 101 Å². The molecule has 1 fully saturated rings. The smallest absolute Gasteiger partial charge is 0.166 e. The maximum absolute atomic E-state index is 11.9. The lowest BCUT2D eigenvalue weighted by atomic mass is 9.97. The van der Waals surface area contributed by atoms with Crippen LogP contribution in [0.15, 0.2) is 24.3 Å². The van der Waals surface area contributed by atoms with Gasteiger partial charge >= 0.3 is 0 Å². The van der Waals surface area contributed by atoms with Crippen molar-refractivity contribution in [3.63, 3.8) is 0 Å². The van der Waals surface area contributed by atoms with E-state index in [-0.39, 0.29) is 5.78 Å². The first-order valence-corrected chi connectivity index (χ1v) is 6.33. The quantitative estimate of drug-likeness (QED) is 0.742. The lowest BCUT2D eigenvalue weighted by Crippen LogP contribution is -2.45. The summed E-state index contributed by atoms with van der Waals surface area (Å²) in [7, 11) is 0. The van der Waals surface area contributed by atoms with Crippen LogP contribution in [0.5, 0.6) is 0 Å². The van der Waals surface area contributed by atoms with E-state index in [4.69, 9.17) is 4.74 Å². The molecule has 2 aliphatic rings. The fraction of sp³-hybridized carbons (Fsp3) is 0.500. The zero-order valence-corrected chi connectivity index (χ0v) is 9.89. The Morgan fingerprint density at radius 1 is 1.29 bits per heavy atom. The van der Waals surface area contributed by atoms with Crippen LogP contribution in [0.1, 0.15) is 29.6 Å². The largest absolute Gasteiger partial charge is 0.379 e. The molecule has 0 aromatic heterocycles. The van der Waals surface area contributed by atoms with Gasteiger partial charge in [-0.2, -0.15) is 0 Å². The molecule has 0 N–H and O–H groups in total. The van der Waals surface area contributed by atoms with Gasteiger partial charge in [0.2, 0.25) is 0 Å². The summed E-state index contributed by atoms with van der Waals surface area (Å²) in [6, 6.07) is 8.39. The minimum absolute atomic E-state index is 0.272. The Bertz CT molecular complexity index is 424. The number of Topliss-reactive ketones (excluding diaryl/α,β-unsaturated/α-hetero) is 1. The maximum atomic E-state index is 11.9. The van der Waals surface area contributed by atoms with Gasteiger partial charge in [0.05, 0.1) is 12.6 Å². The summed E-state index contributed by atoms with van der Waals surface area (Å²) >= 11 is 0. The van der Waals surface area contributed by atoms with Crippen molar-refractivity contribution in [3.05, 3.63) is 29.8 Å². The molecule has 0 saturated carbocycles. The number of carbonyl (C=O) groups excluding carboxylic acids is 1. The highest BCUT2D eigenvalue weighted by atomic mass is 16.5. The zero-order chi connectivity index (χ0) is 11.7. The van der Waals surface area contributed by atoms with Gasteiger partial charge in [0.1, 0.15) is 0 Å². The number of anilines is 1. The standard InChI is InChI=1S/C14H17NO2/c16-14-7-8-15(11-4-3-9-17-10-11)13-6-2-1-5-12(13)14/h1-2,5-6,11H,3-4,7-10H2. The van der Waals surface area contributed by atoms with Crippen LogP contribution in [0.4, 0.5) is 5.69 Å². The Hall–Kier alpha value is -1.35. The van der Waals surface area contributed by atoms with Crippen molar-refractivity contribution < 1.29 is 9.53 Å². The molecule has 1 aromatic carbocycles. The molecular weight excluding hydrogens is 214 g/mol. The first-order chi connectivity index (χ1) is 8.36. The highest BCUT2D eigenvalue weighted by Crippen LogP contribution is 2.30. The SMILES string of the molecule is O=C1CCN(C2CCCOC2)c2ccccc21. The Kier molecular flexibility index (Phi) is 2.85. The molecule has 0 aliphatic carbocycles. The maximum Gasteiger partial charge on any atom is 0.166 e. The summed E-state index contributed by atoms with van der Waals surface area (Å²) in [4.78, 5) is 14.2. The fourth-order valence-corrected chi connectivity index (χ4v) is 2.79.